The zero-order valence-corrected chi connectivity index (χ0v) is 9.80. The van der Waals surface area contributed by atoms with Gasteiger partial charge in [-0.2, -0.15) is 0 Å². The number of carbonyl (C=O) groups is 2. The predicted octanol–water partition coefficient (Wildman–Crippen LogP) is -0.969. The molecule has 0 spiro atoms. The van der Waals surface area contributed by atoms with Crippen LogP contribution in [0.5, 0.6) is 0 Å². The van der Waals surface area contributed by atoms with Gasteiger partial charge in [-0.15, -0.1) is 0 Å². The summed E-state index contributed by atoms with van der Waals surface area (Å²) in [6, 6.07) is -1.19. The molecular weight excluding hydrogens is 224 g/mol. The van der Waals surface area contributed by atoms with Crippen molar-refractivity contribution in [3.63, 3.8) is 0 Å². The minimum atomic E-state index is -1.04. The minimum Gasteiger partial charge on any atom is -0.480 e. The van der Waals surface area contributed by atoms with Crippen LogP contribution in [-0.4, -0.2) is 58.3 Å². The lowest BCUT2D eigenvalue weighted by Gasteiger charge is -2.26. The molecule has 0 bridgehead atoms. The molecule has 2 rings (SSSR count). The van der Waals surface area contributed by atoms with E-state index in [1.807, 2.05) is 6.92 Å². The third-order valence-electron chi connectivity index (χ3n) is 3.65. The maximum atomic E-state index is 12.2. The van der Waals surface area contributed by atoms with E-state index in [2.05, 4.69) is 5.32 Å². The molecule has 0 aliphatic carbocycles. The molecule has 96 valence electrons. The average molecular weight is 242 g/mol. The van der Waals surface area contributed by atoms with Crippen molar-refractivity contribution in [1.82, 2.24) is 10.2 Å². The number of amides is 1. The molecule has 2 aliphatic heterocycles. The fourth-order valence-corrected chi connectivity index (χ4v) is 2.64. The standard InChI is InChI=1S/C11H18N2O4/c1-6-2-3-12-9(6)10(15)13-5-7(14)4-8(13)11(16)17/h6-9,12,14H,2-5H2,1H3,(H,16,17)/t6?,7-,8-,9?/m0/s1. The summed E-state index contributed by atoms with van der Waals surface area (Å²) in [7, 11) is 0. The van der Waals surface area contributed by atoms with Crippen molar-refractivity contribution in [2.45, 2.75) is 38.0 Å². The molecule has 0 radical (unpaired) electrons. The number of β-amino-alcohol motifs (C(OH)–C–C–N with tert-alkyl or cyclic N) is 1. The van der Waals surface area contributed by atoms with Crippen molar-refractivity contribution in [3.05, 3.63) is 0 Å². The normalized spacial score (nSPS) is 37.4. The number of hydrogen-bond acceptors (Lipinski definition) is 4. The van der Waals surface area contributed by atoms with E-state index in [-0.39, 0.29) is 30.8 Å². The van der Waals surface area contributed by atoms with Crippen molar-refractivity contribution in [2.24, 2.45) is 5.92 Å². The van der Waals surface area contributed by atoms with E-state index in [4.69, 9.17) is 5.11 Å². The maximum Gasteiger partial charge on any atom is 0.326 e. The van der Waals surface area contributed by atoms with Crippen LogP contribution in [0.25, 0.3) is 0 Å². The van der Waals surface area contributed by atoms with E-state index in [9.17, 15) is 14.7 Å². The summed E-state index contributed by atoms with van der Waals surface area (Å²) in [5, 5.41) is 21.6. The number of aliphatic hydroxyl groups is 1. The summed E-state index contributed by atoms with van der Waals surface area (Å²) in [5.74, 6) is -1.02. The third kappa shape index (κ3) is 2.28. The van der Waals surface area contributed by atoms with Gasteiger partial charge in [-0.3, -0.25) is 4.79 Å². The molecule has 0 aromatic carbocycles. The molecule has 6 heteroatoms. The lowest BCUT2D eigenvalue weighted by atomic mass is 10.0. The Balaban J connectivity index is 2.10. The van der Waals surface area contributed by atoms with Crippen LogP contribution < -0.4 is 5.32 Å². The van der Waals surface area contributed by atoms with Gasteiger partial charge in [-0.05, 0) is 18.9 Å². The molecule has 2 heterocycles. The fourth-order valence-electron chi connectivity index (χ4n) is 2.64. The zero-order chi connectivity index (χ0) is 12.6. The first kappa shape index (κ1) is 12.3. The summed E-state index contributed by atoms with van der Waals surface area (Å²) < 4.78 is 0. The number of carboxylic acid groups (broad SMARTS) is 1. The monoisotopic (exact) mass is 242 g/mol. The predicted molar refractivity (Wildman–Crippen MR) is 59.3 cm³/mol. The van der Waals surface area contributed by atoms with Gasteiger partial charge in [0, 0.05) is 13.0 Å². The summed E-state index contributed by atoms with van der Waals surface area (Å²) in [6.07, 6.45) is 0.323. The van der Waals surface area contributed by atoms with E-state index in [0.29, 0.717) is 0 Å². The van der Waals surface area contributed by atoms with Crippen LogP contribution in [0.2, 0.25) is 0 Å². The number of likely N-dealkylation sites (tertiary alicyclic amines) is 1. The Kier molecular flexibility index (Phi) is 3.35. The molecule has 6 nitrogen and oxygen atoms in total. The van der Waals surface area contributed by atoms with Crippen molar-refractivity contribution >= 4 is 11.9 Å². The maximum absolute atomic E-state index is 12.2. The van der Waals surface area contributed by atoms with Crippen LogP contribution in [0.3, 0.4) is 0 Å². The molecule has 1 amide bonds. The quantitative estimate of drug-likeness (QED) is 0.580. The van der Waals surface area contributed by atoms with Crippen LogP contribution in [-0.2, 0) is 9.59 Å². The van der Waals surface area contributed by atoms with Gasteiger partial charge in [0.25, 0.3) is 0 Å². The highest BCUT2D eigenvalue weighted by Crippen LogP contribution is 2.23. The number of rotatable bonds is 2. The van der Waals surface area contributed by atoms with Gasteiger partial charge in [-0.1, -0.05) is 6.92 Å². The van der Waals surface area contributed by atoms with Crippen molar-refractivity contribution < 1.29 is 19.8 Å². The van der Waals surface area contributed by atoms with Gasteiger partial charge in [-0.25, -0.2) is 4.79 Å². The Bertz CT molecular complexity index is 333. The Morgan fingerprint density at radius 3 is 2.65 bits per heavy atom. The van der Waals surface area contributed by atoms with Gasteiger partial charge in [0.2, 0.25) is 5.91 Å². The van der Waals surface area contributed by atoms with Crippen LogP contribution in [0, 0.1) is 5.92 Å². The molecule has 2 fully saturated rings. The van der Waals surface area contributed by atoms with Crippen molar-refractivity contribution in [1.29, 1.82) is 0 Å². The van der Waals surface area contributed by atoms with E-state index < -0.39 is 18.1 Å². The Morgan fingerprint density at radius 1 is 1.41 bits per heavy atom. The van der Waals surface area contributed by atoms with Gasteiger partial charge in [0.15, 0.2) is 0 Å². The number of nitrogens with zero attached hydrogens (tertiary/aromatic N) is 1. The number of hydrogen-bond donors (Lipinski definition) is 3. The zero-order valence-electron chi connectivity index (χ0n) is 9.80. The Morgan fingerprint density at radius 2 is 2.12 bits per heavy atom. The minimum absolute atomic E-state index is 0.126. The van der Waals surface area contributed by atoms with Gasteiger partial charge >= 0.3 is 5.97 Å². The summed E-state index contributed by atoms with van der Waals surface area (Å²) in [5.41, 5.74) is 0. The first-order valence-electron chi connectivity index (χ1n) is 5.95. The molecule has 2 saturated heterocycles. The van der Waals surface area contributed by atoms with Crippen molar-refractivity contribution in [2.75, 3.05) is 13.1 Å². The SMILES string of the molecule is CC1CCNC1C(=O)N1C[C@@H](O)C[C@H]1C(=O)O. The van der Waals surface area contributed by atoms with Gasteiger partial charge in [0.05, 0.1) is 12.1 Å². The lowest BCUT2D eigenvalue weighted by molar-refractivity contribution is -0.149. The number of carboxylic acids is 1. The number of aliphatic carboxylic acids is 1. The lowest BCUT2D eigenvalue weighted by Crippen LogP contribution is -2.50. The second-order valence-electron chi connectivity index (χ2n) is 4.93. The molecule has 0 aromatic rings. The van der Waals surface area contributed by atoms with E-state index in [1.54, 1.807) is 0 Å². The van der Waals surface area contributed by atoms with E-state index >= 15 is 0 Å². The smallest absolute Gasteiger partial charge is 0.326 e. The largest absolute Gasteiger partial charge is 0.480 e. The van der Waals surface area contributed by atoms with Crippen LogP contribution in [0.4, 0.5) is 0 Å². The van der Waals surface area contributed by atoms with Gasteiger partial charge < -0.3 is 20.4 Å². The highest BCUT2D eigenvalue weighted by molar-refractivity contribution is 5.88. The highest BCUT2D eigenvalue weighted by atomic mass is 16.4. The number of carbonyl (C=O) groups excluding carboxylic acids is 1. The molecule has 3 N–H and O–H groups in total. The number of nitrogens with one attached hydrogen (secondary N) is 1. The molecule has 2 unspecified atom stereocenters. The summed E-state index contributed by atoms with van der Waals surface area (Å²) >= 11 is 0. The van der Waals surface area contributed by atoms with Crippen LogP contribution >= 0.6 is 0 Å². The Labute approximate surface area is 99.6 Å². The fraction of sp³-hybridized carbons (Fsp3) is 0.818. The first-order valence-corrected chi connectivity index (χ1v) is 5.95. The molecule has 17 heavy (non-hydrogen) atoms. The molecule has 2 aliphatic rings. The van der Waals surface area contributed by atoms with Crippen LogP contribution in [0.1, 0.15) is 19.8 Å². The third-order valence-corrected chi connectivity index (χ3v) is 3.65. The summed E-state index contributed by atoms with van der Waals surface area (Å²) in [6.45, 7) is 2.89. The highest BCUT2D eigenvalue weighted by Gasteiger charge is 2.43. The summed E-state index contributed by atoms with van der Waals surface area (Å²) in [4.78, 5) is 24.5. The average Bonchev–Trinajstić information content (AvgIpc) is 2.83. The molecule has 0 aromatic heterocycles. The topological polar surface area (TPSA) is 89.9 Å². The second kappa shape index (κ2) is 4.62. The van der Waals surface area contributed by atoms with Gasteiger partial charge in [0.1, 0.15) is 6.04 Å². The second-order valence-corrected chi connectivity index (χ2v) is 4.93. The van der Waals surface area contributed by atoms with E-state index in [0.717, 1.165) is 13.0 Å². The number of aliphatic hydroxyl groups excluding tert-OH is 1. The van der Waals surface area contributed by atoms with Crippen molar-refractivity contribution in [3.8, 4) is 0 Å². The van der Waals surface area contributed by atoms with Crippen LogP contribution in [0.15, 0.2) is 0 Å². The van der Waals surface area contributed by atoms with E-state index in [1.165, 1.54) is 4.90 Å². The molecule has 4 atom stereocenters. The first-order chi connectivity index (χ1) is 8.00. The molecular formula is C11H18N2O4. The Hall–Kier alpha value is -1.14. The molecule has 0 saturated carbocycles.